The summed E-state index contributed by atoms with van der Waals surface area (Å²) in [5.74, 6) is 1.74. The van der Waals surface area contributed by atoms with E-state index in [-0.39, 0.29) is 0 Å². The van der Waals surface area contributed by atoms with Crippen molar-refractivity contribution in [3.8, 4) is 6.07 Å². The molecule has 0 aliphatic heterocycles. The largest absolute Gasteiger partial charge is 0.378 e. The highest BCUT2D eigenvalue weighted by atomic mass is 16.5. The number of nitriles is 1. The molecule has 0 aromatic rings. The van der Waals surface area contributed by atoms with Gasteiger partial charge in [0, 0.05) is 13.0 Å². The van der Waals surface area contributed by atoms with E-state index in [0.717, 1.165) is 24.9 Å². The van der Waals surface area contributed by atoms with Gasteiger partial charge in [0.15, 0.2) is 0 Å². The van der Waals surface area contributed by atoms with Crippen LogP contribution in [0.25, 0.3) is 0 Å². The second-order valence-electron chi connectivity index (χ2n) is 4.69. The number of fused-ring (bicyclic) bond motifs is 1. The van der Waals surface area contributed by atoms with E-state index in [1.807, 2.05) is 0 Å². The molecule has 0 N–H and O–H groups in total. The molecule has 2 heteroatoms. The van der Waals surface area contributed by atoms with Crippen LogP contribution in [0.15, 0.2) is 12.2 Å². The van der Waals surface area contributed by atoms with Gasteiger partial charge in [-0.25, -0.2) is 0 Å². The first-order valence-electron chi connectivity index (χ1n) is 6.03. The number of ether oxygens (including phenoxy) is 1. The van der Waals surface area contributed by atoms with Gasteiger partial charge < -0.3 is 4.74 Å². The van der Waals surface area contributed by atoms with Gasteiger partial charge in [-0.05, 0) is 43.9 Å². The van der Waals surface area contributed by atoms with E-state index in [1.54, 1.807) is 0 Å². The summed E-state index contributed by atoms with van der Waals surface area (Å²) in [6.07, 6.45) is 11.6. The summed E-state index contributed by atoms with van der Waals surface area (Å²) in [4.78, 5) is 0. The third-order valence-electron chi connectivity index (χ3n) is 3.63. The van der Waals surface area contributed by atoms with E-state index < -0.39 is 0 Å². The monoisotopic (exact) mass is 205 g/mol. The Labute approximate surface area is 91.9 Å². The van der Waals surface area contributed by atoms with E-state index in [1.165, 1.54) is 25.7 Å². The van der Waals surface area contributed by atoms with E-state index >= 15 is 0 Å². The number of nitrogens with zero attached hydrogens (tertiary/aromatic N) is 1. The molecule has 2 aliphatic carbocycles. The van der Waals surface area contributed by atoms with Gasteiger partial charge in [0.25, 0.3) is 0 Å². The molecule has 0 aromatic carbocycles. The summed E-state index contributed by atoms with van der Waals surface area (Å²) in [5, 5.41) is 8.41. The van der Waals surface area contributed by atoms with Crippen LogP contribution in [-0.4, -0.2) is 12.7 Å². The lowest BCUT2D eigenvalue weighted by Crippen LogP contribution is -2.09. The Bertz CT molecular complexity index is 250. The first kappa shape index (κ1) is 10.7. The molecule has 0 bridgehead atoms. The molecule has 0 amide bonds. The highest BCUT2D eigenvalue weighted by Crippen LogP contribution is 2.40. The Hall–Kier alpha value is -0.810. The van der Waals surface area contributed by atoms with Crippen molar-refractivity contribution in [2.24, 2.45) is 11.8 Å². The zero-order valence-electron chi connectivity index (χ0n) is 9.19. The topological polar surface area (TPSA) is 33.0 Å². The molecular formula is C13H19NO. The second kappa shape index (κ2) is 5.32. The van der Waals surface area contributed by atoms with Crippen LogP contribution in [0.2, 0.25) is 0 Å². The van der Waals surface area contributed by atoms with Gasteiger partial charge in [-0.2, -0.15) is 5.26 Å². The third kappa shape index (κ3) is 2.82. The van der Waals surface area contributed by atoms with E-state index in [9.17, 15) is 0 Å². The smallest absolute Gasteiger partial charge is 0.0622 e. The Balaban J connectivity index is 1.67. The highest BCUT2D eigenvalue weighted by Gasteiger charge is 2.34. The van der Waals surface area contributed by atoms with Gasteiger partial charge >= 0.3 is 0 Å². The minimum atomic E-state index is 0.471. The zero-order chi connectivity index (χ0) is 10.5. The molecule has 0 heterocycles. The predicted octanol–water partition coefficient (Wildman–Crippen LogP) is 3.05. The van der Waals surface area contributed by atoms with Crippen molar-refractivity contribution < 1.29 is 4.74 Å². The van der Waals surface area contributed by atoms with Crippen LogP contribution in [0.3, 0.4) is 0 Å². The summed E-state index contributed by atoms with van der Waals surface area (Å²) in [5.41, 5.74) is 0. The fraction of sp³-hybridized carbons (Fsp3) is 0.769. The van der Waals surface area contributed by atoms with Crippen molar-refractivity contribution in [3.63, 3.8) is 0 Å². The molecule has 2 aliphatic rings. The molecule has 2 rings (SSSR count). The molecule has 0 radical (unpaired) electrons. The van der Waals surface area contributed by atoms with Gasteiger partial charge in [-0.1, -0.05) is 12.2 Å². The average Bonchev–Trinajstić information content (AvgIpc) is 2.67. The lowest BCUT2D eigenvalue weighted by molar-refractivity contribution is 0.0532. The van der Waals surface area contributed by atoms with Crippen molar-refractivity contribution in [1.29, 1.82) is 5.26 Å². The van der Waals surface area contributed by atoms with Crippen LogP contribution in [0, 0.1) is 23.2 Å². The lowest BCUT2D eigenvalue weighted by atomic mass is 9.86. The summed E-state index contributed by atoms with van der Waals surface area (Å²) in [6.45, 7) is 0.769. The Morgan fingerprint density at radius 3 is 2.47 bits per heavy atom. The first-order chi connectivity index (χ1) is 7.40. The van der Waals surface area contributed by atoms with Gasteiger partial charge in [0.2, 0.25) is 0 Å². The van der Waals surface area contributed by atoms with Crippen molar-refractivity contribution in [2.45, 2.75) is 44.6 Å². The Morgan fingerprint density at radius 2 is 1.87 bits per heavy atom. The molecule has 0 saturated heterocycles. The SMILES string of the molecule is N#CCCCOC1C[C@H]2CC=CC[C@H]2C1. The van der Waals surface area contributed by atoms with Crippen LogP contribution in [0.4, 0.5) is 0 Å². The summed E-state index contributed by atoms with van der Waals surface area (Å²) < 4.78 is 5.82. The third-order valence-corrected chi connectivity index (χ3v) is 3.63. The van der Waals surface area contributed by atoms with Gasteiger partial charge in [0.05, 0.1) is 12.2 Å². The standard InChI is InChI=1S/C13H19NO/c14-7-3-4-8-15-13-9-11-5-1-2-6-12(11)10-13/h1-2,11-13H,3-6,8-10H2/t11-,12+,13?. The van der Waals surface area contributed by atoms with Crippen LogP contribution >= 0.6 is 0 Å². The maximum atomic E-state index is 8.41. The summed E-state index contributed by atoms with van der Waals surface area (Å²) in [7, 11) is 0. The highest BCUT2D eigenvalue weighted by molar-refractivity contribution is 4.99. The minimum absolute atomic E-state index is 0.471. The van der Waals surface area contributed by atoms with Crippen molar-refractivity contribution in [1.82, 2.24) is 0 Å². The van der Waals surface area contributed by atoms with Gasteiger partial charge in [-0.15, -0.1) is 0 Å². The quantitative estimate of drug-likeness (QED) is 0.522. The molecule has 2 nitrogen and oxygen atoms in total. The molecule has 1 saturated carbocycles. The number of rotatable bonds is 4. The number of allylic oxidation sites excluding steroid dienone is 2. The normalized spacial score (nSPS) is 33.7. The fourth-order valence-corrected chi connectivity index (χ4v) is 2.81. The van der Waals surface area contributed by atoms with E-state index in [0.29, 0.717) is 12.5 Å². The summed E-state index contributed by atoms with van der Waals surface area (Å²) >= 11 is 0. The maximum Gasteiger partial charge on any atom is 0.0622 e. The van der Waals surface area contributed by atoms with Crippen molar-refractivity contribution >= 4 is 0 Å². The number of hydrogen-bond donors (Lipinski definition) is 0. The van der Waals surface area contributed by atoms with Gasteiger partial charge in [-0.3, -0.25) is 0 Å². The average molecular weight is 205 g/mol. The zero-order valence-corrected chi connectivity index (χ0v) is 9.19. The molecule has 0 spiro atoms. The Kier molecular flexibility index (Phi) is 3.80. The molecular weight excluding hydrogens is 186 g/mol. The van der Waals surface area contributed by atoms with Crippen LogP contribution in [-0.2, 0) is 4.74 Å². The van der Waals surface area contributed by atoms with Gasteiger partial charge in [0.1, 0.15) is 0 Å². The number of hydrogen-bond acceptors (Lipinski definition) is 2. The lowest BCUT2D eigenvalue weighted by Gasteiger charge is -2.19. The van der Waals surface area contributed by atoms with Crippen LogP contribution in [0.5, 0.6) is 0 Å². The second-order valence-corrected chi connectivity index (χ2v) is 4.69. The van der Waals surface area contributed by atoms with E-state index in [4.69, 9.17) is 10.00 Å². The minimum Gasteiger partial charge on any atom is -0.378 e. The van der Waals surface area contributed by atoms with Crippen molar-refractivity contribution in [3.05, 3.63) is 12.2 Å². The van der Waals surface area contributed by atoms with Crippen LogP contribution in [0.1, 0.15) is 38.5 Å². The predicted molar refractivity (Wildman–Crippen MR) is 59.2 cm³/mol. The molecule has 3 atom stereocenters. The Morgan fingerprint density at radius 1 is 1.20 bits per heavy atom. The number of unbranched alkanes of at least 4 members (excludes halogenated alkanes) is 1. The van der Waals surface area contributed by atoms with E-state index in [2.05, 4.69) is 18.2 Å². The maximum absolute atomic E-state index is 8.41. The van der Waals surface area contributed by atoms with Crippen molar-refractivity contribution in [2.75, 3.05) is 6.61 Å². The van der Waals surface area contributed by atoms with Crippen LogP contribution < -0.4 is 0 Å². The summed E-state index contributed by atoms with van der Waals surface area (Å²) in [6, 6.07) is 2.15. The molecule has 1 fully saturated rings. The first-order valence-corrected chi connectivity index (χ1v) is 6.03. The molecule has 1 unspecified atom stereocenters. The fourth-order valence-electron chi connectivity index (χ4n) is 2.81. The molecule has 82 valence electrons. The molecule has 0 aromatic heterocycles. The molecule has 15 heavy (non-hydrogen) atoms.